The Hall–Kier alpha value is -3.02. The smallest absolute Gasteiger partial charge is 0.311 e. The minimum Gasteiger partial charge on any atom is -0.508 e. The predicted molar refractivity (Wildman–Crippen MR) is 162 cm³/mol. The Labute approximate surface area is 242 Å². The first-order valence-corrected chi connectivity index (χ1v) is 14.1. The molecule has 2 rings (SSSR count). The molecular weight excluding hydrogens is 504 g/mol. The first-order chi connectivity index (χ1) is 18.0. The molecule has 0 fully saturated rings. The van der Waals surface area contributed by atoms with Crippen molar-refractivity contribution in [3.8, 4) is 23.0 Å². The lowest BCUT2D eigenvalue weighted by Crippen LogP contribution is -2.15. The SMILES string of the molecule is CC(C)(C)CCC(=O)Oc1ccc(O)c(C(C)(C)C)c1.CC(C)(C)CCC(=O)Oc1ccc(O)c(C(C)(C)C)c1. The van der Waals surface area contributed by atoms with Crippen LogP contribution in [0.2, 0.25) is 0 Å². The van der Waals surface area contributed by atoms with E-state index in [2.05, 4.69) is 41.5 Å². The zero-order chi connectivity index (χ0) is 31.1. The van der Waals surface area contributed by atoms with E-state index in [9.17, 15) is 19.8 Å². The van der Waals surface area contributed by atoms with E-state index in [0.717, 1.165) is 24.0 Å². The Morgan fingerprint density at radius 3 is 1.12 bits per heavy atom. The van der Waals surface area contributed by atoms with Crippen LogP contribution in [0.4, 0.5) is 0 Å². The van der Waals surface area contributed by atoms with Gasteiger partial charge in [0.1, 0.15) is 23.0 Å². The number of hydrogen-bond donors (Lipinski definition) is 2. The molecule has 0 aliphatic carbocycles. The Morgan fingerprint density at radius 2 is 0.875 bits per heavy atom. The molecule has 0 spiro atoms. The van der Waals surface area contributed by atoms with Crippen molar-refractivity contribution >= 4 is 11.9 Å². The van der Waals surface area contributed by atoms with E-state index in [1.165, 1.54) is 0 Å². The van der Waals surface area contributed by atoms with E-state index in [1.54, 1.807) is 36.4 Å². The van der Waals surface area contributed by atoms with Crippen molar-refractivity contribution in [2.75, 3.05) is 0 Å². The number of rotatable bonds is 6. The van der Waals surface area contributed by atoms with Gasteiger partial charge in [0.05, 0.1) is 0 Å². The Kier molecular flexibility index (Phi) is 11.9. The van der Waals surface area contributed by atoms with Crippen molar-refractivity contribution in [2.45, 2.75) is 120 Å². The van der Waals surface area contributed by atoms with Crippen LogP contribution in [0.1, 0.15) is 120 Å². The molecule has 0 bridgehead atoms. The van der Waals surface area contributed by atoms with Crippen LogP contribution in [0.5, 0.6) is 23.0 Å². The third kappa shape index (κ3) is 13.4. The van der Waals surface area contributed by atoms with Gasteiger partial charge in [0.2, 0.25) is 0 Å². The maximum absolute atomic E-state index is 11.8. The molecule has 40 heavy (non-hydrogen) atoms. The second-order valence-corrected chi connectivity index (χ2v) is 14.9. The van der Waals surface area contributed by atoms with Gasteiger partial charge in [0.15, 0.2) is 0 Å². The van der Waals surface area contributed by atoms with Gasteiger partial charge in [0, 0.05) is 24.0 Å². The van der Waals surface area contributed by atoms with Gasteiger partial charge in [-0.05, 0) is 70.9 Å². The highest BCUT2D eigenvalue weighted by Gasteiger charge is 2.21. The summed E-state index contributed by atoms with van der Waals surface area (Å²) in [5.41, 5.74) is 1.39. The minimum absolute atomic E-state index is 0.116. The zero-order valence-electron chi connectivity index (χ0n) is 26.8. The molecule has 0 aromatic heterocycles. The summed E-state index contributed by atoms with van der Waals surface area (Å²) in [5.74, 6) is 0.980. The van der Waals surface area contributed by atoms with Crippen LogP contribution in [-0.2, 0) is 20.4 Å². The molecule has 0 saturated carbocycles. The maximum Gasteiger partial charge on any atom is 0.311 e. The van der Waals surface area contributed by atoms with Gasteiger partial charge in [-0.3, -0.25) is 9.59 Å². The molecule has 224 valence electrons. The highest BCUT2D eigenvalue weighted by molar-refractivity contribution is 5.73. The van der Waals surface area contributed by atoms with Gasteiger partial charge in [0.25, 0.3) is 0 Å². The van der Waals surface area contributed by atoms with E-state index in [-0.39, 0.29) is 45.1 Å². The Balaban J connectivity index is 0.000000400. The number of benzene rings is 2. The second kappa shape index (κ2) is 13.6. The molecule has 0 atom stereocenters. The van der Waals surface area contributed by atoms with Crippen LogP contribution in [0.25, 0.3) is 0 Å². The van der Waals surface area contributed by atoms with Gasteiger partial charge >= 0.3 is 11.9 Å². The second-order valence-electron chi connectivity index (χ2n) is 14.9. The molecule has 0 aliphatic heterocycles. The van der Waals surface area contributed by atoms with Crippen molar-refractivity contribution in [3.05, 3.63) is 47.5 Å². The fourth-order valence-electron chi connectivity index (χ4n) is 3.68. The molecule has 0 amide bonds. The number of ether oxygens (including phenoxy) is 2. The van der Waals surface area contributed by atoms with Crippen molar-refractivity contribution in [2.24, 2.45) is 10.8 Å². The van der Waals surface area contributed by atoms with E-state index < -0.39 is 0 Å². The normalized spacial score (nSPS) is 12.3. The standard InChI is InChI=1S/2C17H26O3/c2*1-16(2,3)10-9-15(19)20-12-7-8-14(18)13(11-12)17(4,5)6/h2*7-8,11,18H,9-10H2,1-6H3. The molecule has 6 nitrogen and oxygen atoms in total. The molecular formula is C34H52O6. The number of aromatic hydroxyl groups is 2. The van der Waals surface area contributed by atoms with Crippen LogP contribution < -0.4 is 9.47 Å². The predicted octanol–water partition coefficient (Wildman–Crippen LogP) is 8.84. The van der Waals surface area contributed by atoms with Gasteiger partial charge in [-0.2, -0.15) is 0 Å². The third-order valence-corrected chi connectivity index (χ3v) is 6.17. The minimum atomic E-state index is -0.231. The Bertz CT molecular complexity index is 1040. The molecule has 0 aliphatic rings. The third-order valence-electron chi connectivity index (χ3n) is 6.17. The zero-order valence-corrected chi connectivity index (χ0v) is 26.8. The van der Waals surface area contributed by atoms with Crippen LogP contribution >= 0.6 is 0 Å². The first kappa shape index (κ1) is 35.0. The summed E-state index contributed by atoms with van der Waals surface area (Å²) < 4.78 is 10.7. The molecule has 2 aromatic rings. The van der Waals surface area contributed by atoms with Crippen LogP contribution in [0.3, 0.4) is 0 Å². The molecule has 6 heteroatoms. The molecule has 0 heterocycles. The van der Waals surface area contributed by atoms with Gasteiger partial charge in [-0.15, -0.1) is 0 Å². The highest BCUT2D eigenvalue weighted by atomic mass is 16.5. The van der Waals surface area contributed by atoms with E-state index in [1.807, 2.05) is 41.5 Å². The number of esters is 2. The average molecular weight is 557 g/mol. The Morgan fingerprint density at radius 1 is 0.575 bits per heavy atom. The lowest BCUT2D eigenvalue weighted by atomic mass is 9.86. The number of phenolic OH excluding ortho intramolecular Hbond substituents is 2. The van der Waals surface area contributed by atoms with Crippen molar-refractivity contribution < 1.29 is 29.3 Å². The van der Waals surface area contributed by atoms with E-state index in [0.29, 0.717) is 24.3 Å². The summed E-state index contributed by atoms with van der Waals surface area (Å²) in [4.78, 5) is 23.6. The van der Waals surface area contributed by atoms with Gasteiger partial charge < -0.3 is 19.7 Å². The number of phenols is 2. The molecule has 0 radical (unpaired) electrons. The summed E-state index contributed by atoms with van der Waals surface area (Å²) in [7, 11) is 0. The summed E-state index contributed by atoms with van der Waals surface area (Å²) in [6.07, 6.45) is 2.37. The van der Waals surface area contributed by atoms with Crippen LogP contribution in [0.15, 0.2) is 36.4 Å². The number of carbonyl (C=O) groups is 2. The quantitative estimate of drug-likeness (QED) is 0.273. The largest absolute Gasteiger partial charge is 0.508 e. The fraction of sp³-hybridized carbons (Fsp3) is 0.588. The lowest BCUT2D eigenvalue weighted by Gasteiger charge is -2.21. The molecule has 0 saturated heterocycles. The summed E-state index contributed by atoms with van der Waals surface area (Å²) in [6, 6.07) is 9.88. The maximum atomic E-state index is 11.8. The van der Waals surface area contributed by atoms with E-state index >= 15 is 0 Å². The van der Waals surface area contributed by atoms with Crippen molar-refractivity contribution in [1.82, 2.24) is 0 Å². The topological polar surface area (TPSA) is 93.1 Å². The summed E-state index contributed by atoms with van der Waals surface area (Å²) in [5, 5.41) is 19.7. The lowest BCUT2D eigenvalue weighted by molar-refractivity contribution is -0.135. The number of hydrogen-bond acceptors (Lipinski definition) is 6. The molecule has 0 unspecified atom stereocenters. The van der Waals surface area contributed by atoms with E-state index in [4.69, 9.17) is 9.47 Å². The summed E-state index contributed by atoms with van der Waals surface area (Å²) >= 11 is 0. The number of carbonyl (C=O) groups excluding carboxylic acids is 2. The van der Waals surface area contributed by atoms with Gasteiger partial charge in [-0.25, -0.2) is 0 Å². The first-order valence-electron chi connectivity index (χ1n) is 14.1. The average Bonchev–Trinajstić information content (AvgIpc) is 2.77. The van der Waals surface area contributed by atoms with Crippen LogP contribution in [-0.4, -0.2) is 22.2 Å². The molecule has 2 N–H and O–H groups in total. The van der Waals surface area contributed by atoms with Crippen molar-refractivity contribution in [3.63, 3.8) is 0 Å². The monoisotopic (exact) mass is 556 g/mol. The van der Waals surface area contributed by atoms with Crippen molar-refractivity contribution in [1.29, 1.82) is 0 Å². The summed E-state index contributed by atoms with van der Waals surface area (Å²) in [6.45, 7) is 24.6. The fourth-order valence-corrected chi connectivity index (χ4v) is 3.68. The van der Waals surface area contributed by atoms with Gasteiger partial charge in [-0.1, -0.05) is 83.1 Å². The molecule has 2 aromatic carbocycles. The van der Waals surface area contributed by atoms with Crippen LogP contribution in [0, 0.1) is 10.8 Å². The highest BCUT2D eigenvalue weighted by Crippen LogP contribution is 2.35.